The average molecular weight is 563 g/mol. The Morgan fingerprint density at radius 2 is 1.71 bits per heavy atom. The molecule has 0 aliphatic carbocycles. The molecule has 38 heavy (non-hydrogen) atoms. The Balaban J connectivity index is 1.98. The van der Waals surface area contributed by atoms with Crippen molar-refractivity contribution in [2.24, 2.45) is 5.92 Å². The van der Waals surface area contributed by atoms with Crippen LogP contribution < -0.4 is 21.3 Å². The van der Waals surface area contributed by atoms with Gasteiger partial charge in [0.2, 0.25) is 23.6 Å². The zero-order valence-electron chi connectivity index (χ0n) is 21.4. The van der Waals surface area contributed by atoms with Gasteiger partial charge in [-0.05, 0) is 24.0 Å². The quantitative estimate of drug-likeness (QED) is 0.244. The van der Waals surface area contributed by atoms with Crippen molar-refractivity contribution in [3.05, 3.63) is 48.0 Å². The van der Waals surface area contributed by atoms with Gasteiger partial charge in [0.1, 0.15) is 30.8 Å². The number of hydrogen-bond acceptors (Lipinski definition) is 8. The standard InChI is InChI=1S/C26H34N4O6S2/c1-16(2)23-26(35)27-14-22(32)36-18-10-6-7-11-37-38-15-20(25(34)30-23)29-24(33)19(28-21(31)13-18)12-17-8-4-3-5-9-17/h3-6,8-10,16,18-20,23H,7,11-15H2,1-2H3,(H,27,35)(H,28,31)(H,29,33)(H,30,34)/b10-6+/t18-,19-,20-,23-/m1/s1. The summed E-state index contributed by atoms with van der Waals surface area (Å²) in [6, 6.07) is 6.36. The summed E-state index contributed by atoms with van der Waals surface area (Å²) in [4.78, 5) is 65.1. The number of esters is 1. The number of nitrogens with one attached hydrogen (secondary N) is 4. The molecule has 0 saturated carbocycles. The fourth-order valence-electron chi connectivity index (χ4n) is 3.91. The molecule has 12 heteroatoms. The van der Waals surface area contributed by atoms with Crippen LogP contribution in [0.3, 0.4) is 0 Å². The maximum Gasteiger partial charge on any atom is 0.326 e. The number of allylic oxidation sites excluding steroid dienone is 1. The summed E-state index contributed by atoms with van der Waals surface area (Å²) in [7, 11) is 2.97. The zero-order valence-corrected chi connectivity index (χ0v) is 23.1. The summed E-state index contributed by atoms with van der Waals surface area (Å²) < 4.78 is 5.48. The number of ether oxygens (including phenoxy) is 1. The first-order valence-corrected chi connectivity index (χ1v) is 15.0. The number of fused-ring (bicyclic) bond motifs is 7. The van der Waals surface area contributed by atoms with Crippen LogP contribution in [-0.4, -0.2) is 71.9 Å². The first-order valence-electron chi connectivity index (χ1n) is 12.5. The van der Waals surface area contributed by atoms with Crippen LogP contribution in [-0.2, 0) is 35.1 Å². The van der Waals surface area contributed by atoms with Gasteiger partial charge in [-0.2, -0.15) is 0 Å². The zero-order chi connectivity index (χ0) is 27.5. The van der Waals surface area contributed by atoms with Gasteiger partial charge in [-0.1, -0.05) is 71.8 Å². The Labute approximate surface area is 230 Å². The lowest BCUT2D eigenvalue weighted by atomic mass is 10.0. The van der Waals surface area contributed by atoms with E-state index in [4.69, 9.17) is 4.74 Å². The van der Waals surface area contributed by atoms with Crippen LogP contribution in [0.1, 0.15) is 32.3 Å². The number of carbonyl (C=O) groups excluding carboxylic acids is 5. The van der Waals surface area contributed by atoms with Crippen molar-refractivity contribution < 1.29 is 28.7 Å². The second-order valence-electron chi connectivity index (χ2n) is 9.37. The SMILES string of the molecule is CC(C)[C@H]1NC(=O)[C@H]2CSSCC/C=C/[C@H](CC(=O)N[C@H](Cc3ccccc3)C(=O)N2)OC(=O)CNC1=O. The highest BCUT2D eigenvalue weighted by atomic mass is 33.1. The van der Waals surface area contributed by atoms with Gasteiger partial charge < -0.3 is 26.0 Å². The van der Waals surface area contributed by atoms with Crippen molar-refractivity contribution in [3.63, 3.8) is 0 Å². The highest BCUT2D eigenvalue weighted by molar-refractivity contribution is 8.76. The monoisotopic (exact) mass is 562 g/mol. The Bertz CT molecular complexity index is 1040. The van der Waals surface area contributed by atoms with Crippen molar-refractivity contribution in [1.29, 1.82) is 0 Å². The Morgan fingerprint density at radius 3 is 2.45 bits per heavy atom. The van der Waals surface area contributed by atoms with E-state index in [2.05, 4.69) is 21.3 Å². The maximum absolute atomic E-state index is 13.4. The van der Waals surface area contributed by atoms with Crippen LogP contribution >= 0.6 is 21.6 Å². The third kappa shape index (κ3) is 9.39. The third-order valence-corrected chi connectivity index (χ3v) is 8.37. The van der Waals surface area contributed by atoms with Crippen LogP contribution in [0.4, 0.5) is 0 Å². The fourth-order valence-corrected chi connectivity index (χ4v) is 6.06. The Kier molecular flexibility index (Phi) is 11.5. The van der Waals surface area contributed by atoms with Crippen LogP contribution in [0.5, 0.6) is 0 Å². The summed E-state index contributed by atoms with van der Waals surface area (Å²) in [6.07, 6.45) is 3.27. The highest BCUT2D eigenvalue weighted by Crippen LogP contribution is 2.23. The second kappa shape index (κ2) is 14.8. The molecule has 3 rings (SSSR count). The molecule has 0 aromatic heterocycles. The van der Waals surface area contributed by atoms with E-state index < -0.39 is 60.4 Å². The normalized spacial score (nSPS) is 27.3. The van der Waals surface area contributed by atoms with E-state index in [1.807, 2.05) is 36.4 Å². The van der Waals surface area contributed by atoms with Crippen molar-refractivity contribution in [1.82, 2.24) is 21.3 Å². The van der Waals surface area contributed by atoms with E-state index in [-0.39, 0.29) is 24.5 Å². The van der Waals surface area contributed by atoms with E-state index in [9.17, 15) is 24.0 Å². The molecule has 4 amide bonds. The Morgan fingerprint density at radius 1 is 0.947 bits per heavy atom. The predicted molar refractivity (Wildman–Crippen MR) is 147 cm³/mol. The molecule has 1 aromatic rings. The number of rotatable bonds is 3. The van der Waals surface area contributed by atoms with Crippen LogP contribution in [0.2, 0.25) is 0 Å². The summed E-state index contributed by atoms with van der Waals surface area (Å²) in [5.74, 6) is -2.10. The summed E-state index contributed by atoms with van der Waals surface area (Å²) in [5, 5.41) is 10.8. The van der Waals surface area contributed by atoms with E-state index in [0.29, 0.717) is 12.2 Å². The first-order chi connectivity index (χ1) is 18.2. The van der Waals surface area contributed by atoms with Crippen molar-refractivity contribution in [2.75, 3.05) is 18.1 Å². The van der Waals surface area contributed by atoms with Gasteiger partial charge in [0, 0.05) is 17.9 Å². The molecule has 4 N–H and O–H groups in total. The molecule has 1 fully saturated rings. The maximum atomic E-state index is 13.4. The largest absolute Gasteiger partial charge is 0.456 e. The van der Waals surface area contributed by atoms with Gasteiger partial charge in [0.15, 0.2) is 0 Å². The first kappa shape index (κ1) is 29.6. The molecule has 206 valence electrons. The van der Waals surface area contributed by atoms with Gasteiger partial charge in [0.25, 0.3) is 0 Å². The predicted octanol–water partition coefficient (Wildman–Crippen LogP) is 1.11. The summed E-state index contributed by atoms with van der Waals surface area (Å²) in [6.45, 7) is 3.13. The van der Waals surface area contributed by atoms with Gasteiger partial charge in [-0.25, -0.2) is 0 Å². The number of carbonyl (C=O) groups is 5. The minimum atomic E-state index is -0.972. The molecule has 1 saturated heterocycles. The molecule has 2 aliphatic heterocycles. The molecule has 0 unspecified atom stereocenters. The molecule has 2 heterocycles. The van der Waals surface area contributed by atoms with E-state index in [0.717, 1.165) is 5.56 Å². The van der Waals surface area contributed by atoms with E-state index >= 15 is 0 Å². The average Bonchev–Trinajstić information content (AvgIpc) is 2.88. The van der Waals surface area contributed by atoms with Crippen LogP contribution in [0, 0.1) is 5.92 Å². The highest BCUT2D eigenvalue weighted by Gasteiger charge is 2.32. The van der Waals surface area contributed by atoms with Crippen LogP contribution in [0.25, 0.3) is 0 Å². The smallest absolute Gasteiger partial charge is 0.326 e. The lowest BCUT2D eigenvalue weighted by molar-refractivity contribution is -0.148. The topological polar surface area (TPSA) is 143 Å². The Hall–Kier alpha value is -2.99. The number of amides is 4. The molecule has 4 atom stereocenters. The molecular formula is C26H34N4O6S2. The van der Waals surface area contributed by atoms with Gasteiger partial charge >= 0.3 is 5.97 Å². The summed E-state index contributed by atoms with van der Waals surface area (Å²) in [5.41, 5.74) is 0.825. The van der Waals surface area contributed by atoms with Crippen molar-refractivity contribution in [2.45, 2.75) is 57.3 Å². The summed E-state index contributed by atoms with van der Waals surface area (Å²) >= 11 is 0. The molecule has 1 aromatic carbocycles. The lowest BCUT2D eigenvalue weighted by Gasteiger charge is -2.27. The minimum absolute atomic E-state index is 0.199. The van der Waals surface area contributed by atoms with Crippen molar-refractivity contribution in [3.8, 4) is 0 Å². The molecule has 0 radical (unpaired) electrons. The van der Waals surface area contributed by atoms with Crippen molar-refractivity contribution >= 4 is 51.2 Å². The second-order valence-corrected chi connectivity index (χ2v) is 12.0. The lowest BCUT2D eigenvalue weighted by Crippen LogP contribution is -2.59. The van der Waals surface area contributed by atoms with Gasteiger partial charge in [-0.15, -0.1) is 0 Å². The molecule has 2 aliphatic rings. The number of hydrogen-bond donors (Lipinski definition) is 4. The molecule has 10 nitrogen and oxygen atoms in total. The molecule has 2 bridgehead atoms. The minimum Gasteiger partial charge on any atom is -0.456 e. The van der Waals surface area contributed by atoms with Gasteiger partial charge in [-0.3, -0.25) is 24.0 Å². The third-order valence-electron chi connectivity index (χ3n) is 5.93. The molecular weight excluding hydrogens is 528 g/mol. The van der Waals surface area contributed by atoms with Crippen LogP contribution in [0.15, 0.2) is 42.5 Å². The van der Waals surface area contributed by atoms with E-state index in [1.165, 1.54) is 21.6 Å². The fraction of sp³-hybridized carbons (Fsp3) is 0.500. The number of benzene rings is 1. The van der Waals surface area contributed by atoms with Gasteiger partial charge in [0.05, 0.1) is 6.42 Å². The molecule has 0 spiro atoms. The van der Waals surface area contributed by atoms with E-state index in [1.54, 1.807) is 19.9 Å².